The number of aromatic nitrogens is 3. The zero-order valence-corrected chi connectivity index (χ0v) is 15.6. The minimum absolute atomic E-state index is 0.0173. The molecule has 0 atom stereocenters. The molecule has 0 spiro atoms. The van der Waals surface area contributed by atoms with Gasteiger partial charge in [-0.05, 0) is 6.07 Å². The fourth-order valence-corrected chi connectivity index (χ4v) is 4.35. The van der Waals surface area contributed by atoms with Gasteiger partial charge in [0.25, 0.3) is 10.0 Å². The molecule has 3 rings (SSSR count). The fraction of sp³-hybridized carbons (Fsp3) is 0.429. The average molecular weight is 398 g/mol. The van der Waals surface area contributed by atoms with E-state index in [9.17, 15) is 13.2 Å². The highest BCUT2D eigenvalue weighted by Crippen LogP contribution is 2.22. The predicted molar refractivity (Wildman–Crippen MR) is 95.5 cm³/mol. The molecule has 0 aliphatic carbocycles. The number of morpholine rings is 1. The number of ether oxygens (including phenoxy) is 1. The summed E-state index contributed by atoms with van der Waals surface area (Å²) in [6.45, 7) is 3.97. The smallest absolute Gasteiger partial charge is 0.252 e. The molecule has 26 heavy (non-hydrogen) atoms. The Labute approximate surface area is 154 Å². The van der Waals surface area contributed by atoms with Gasteiger partial charge < -0.3 is 15.0 Å². The number of carbonyl (C=O) groups is 1. The monoisotopic (exact) mass is 398 g/mol. The average Bonchev–Trinajstić information content (AvgIpc) is 3.10. The number of nitrogens with one attached hydrogen (secondary N) is 2. The highest BCUT2D eigenvalue weighted by molar-refractivity contribution is 7.91. The number of rotatable bonds is 6. The van der Waals surface area contributed by atoms with Gasteiger partial charge in [0.15, 0.2) is 9.34 Å². The molecule has 10 nitrogen and oxygen atoms in total. The topological polar surface area (TPSA) is 126 Å². The molecule has 0 unspecified atom stereocenters. The van der Waals surface area contributed by atoms with Crippen LogP contribution in [-0.4, -0.2) is 55.6 Å². The molecule has 3 heterocycles. The molecule has 2 N–H and O–H groups in total. The third-order valence-electron chi connectivity index (χ3n) is 3.47. The van der Waals surface area contributed by atoms with E-state index in [1.807, 2.05) is 4.90 Å². The summed E-state index contributed by atoms with van der Waals surface area (Å²) < 4.78 is 32.5. The molecule has 1 aliphatic rings. The van der Waals surface area contributed by atoms with Gasteiger partial charge in [-0.1, -0.05) is 11.3 Å². The van der Waals surface area contributed by atoms with Crippen LogP contribution >= 0.6 is 11.3 Å². The first-order valence-electron chi connectivity index (χ1n) is 7.82. The molecular formula is C14H18N6O4S2. The molecule has 1 fully saturated rings. The predicted octanol–water partition coefficient (Wildman–Crippen LogP) is 0.207. The van der Waals surface area contributed by atoms with Crippen molar-refractivity contribution < 1.29 is 17.9 Å². The molecule has 0 aromatic carbocycles. The Kier molecular flexibility index (Phi) is 5.76. The fourth-order valence-electron chi connectivity index (χ4n) is 2.23. The summed E-state index contributed by atoms with van der Waals surface area (Å²) in [7, 11) is -3.75. The van der Waals surface area contributed by atoms with Gasteiger partial charge in [-0.2, -0.15) is 0 Å². The van der Waals surface area contributed by atoms with E-state index in [0.717, 1.165) is 11.3 Å². The minimum Gasteiger partial charge on any atom is -0.378 e. The maximum atomic E-state index is 12.4. The summed E-state index contributed by atoms with van der Waals surface area (Å²) in [5.74, 6) is 0.239. The lowest BCUT2D eigenvalue weighted by atomic mass is 10.4. The van der Waals surface area contributed by atoms with Crippen LogP contribution in [-0.2, 0) is 26.1 Å². The number of nitrogens with zero attached hydrogens (tertiary/aromatic N) is 4. The summed E-state index contributed by atoms with van der Waals surface area (Å²) >= 11 is 0.881. The van der Waals surface area contributed by atoms with Crippen molar-refractivity contribution in [3.05, 3.63) is 24.2 Å². The van der Waals surface area contributed by atoms with Crippen LogP contribution in [0.5, 0.6) is 0 Å². The number of anilines is 2. The third kappa shape index (κ3) is 4.72. The number of hydrogen-bond acceptors (Lipinski definition) is 9. The molecule has 1 aliphatic heterocycles. The Balaban J connectivity index is 1.66. The van der Waals surface area contributed by atoms with Crippen molar-refractivity contribution >= 4 is 38.3 Å². The van der Waals surface area contributed by atoms with Crippen molar-refractivity contribution in [2.24, 2.45) is 0 Å². The number of amides is 1. The minimum atomic E-state index is -3.75. The van der Waals surface area contributed by atoms with Crippen LogP contribution in [0.4, 0.5) is 11.1 Å². The molecular weight excluding hydrogens is 380 g/mol. The van der Waals surface area contributed by atoms with Crippen LogP contribution in [0, 0.1) is 0 Å². The van der Waals surface area contributed by atoms with Crippen LogP contribution in [0.1, 0.15) is 12.6 Å². The molecule has 12 heteroatoms. The van der Waals surface area contributed by atoms with Crippen LogP contribution < -0.4 is 14.9 Å². The van der Waals surface area contributed by atoms with Crippen molar-refractivity contribution in [1.29, 1.82) is 0 Å². The molecule has 140 valence electrons. The number of sulfonamides is 1. The summed E-state index contributed by atoms with van der Waals surface area (Å²) in [6.07, 6.45) is 2.81. The quantitative estimate of drug-likeness (QED) is 0.707. The highest BCUT2D eigenvalue weighted by atomic mass is 32.2. The van der Waals surface area contributed by atoms with Gasteiger partial charge in [-0.25, -0.2) is 28.1 Å². The van der Waals surface area contributed by atoms with E-state index >= 15 is 0 Å². The van der Waals surface area contributed by atoms with Crippen molar-refractivity contribution in [2.75, 3.05) is 36.5 Å². The SMILES string of the molecule is CC(=O)Nc1ncc(S(=O)(=O)NCc2ccnc(N3CCOCC3)n2)s1. The van der Waals surface area contributed by atoms with Crippen LogP contribution in [0.25, 0.3) is 0 Å². The first-order valence-corrected chi connectivity index (χ1v) is 10.1. The number of hydrogen-bond donors (Lipinski definition) is 2. The molecule has 1 saturated heterocycles. The number of carbonyl (C=O) groups excluding carboxylic acids is 1. The van der Waals surface area contributed by atoms with E-state index in [4.69, 9.17) is 4.74 Å². The summed E-state index contributed by atoms with van der Waals surface area (Å²) in [6, 6.07) is 1.65. The summed E-state index contributed by atoms with van der Waals surface area (Å²) in [5, 5.41) is 2.69. The van der Waals surface area contributed by atoms with Crippen LogP contribution in [0.15, 0.2) is 22.7 Å². The lowest BCUT2D eigenvalue weighted by molar-refractivity contribution is -0.114. The molecule has 2 aromatic heterocycles. The van der Waals surface area contributed by atoms with Gasteiger partial charge >= 0.3 is 0 Å². The maximum Gasteiger partial charge on any atom is 0.252 e. The van der Waals surface area contributed by atoms with Gasteiger partial charge in [-0.15, -0.1) is 0 Å². The Hall–Kier alpha value is -2.15. The van der Waals surface area contributed by atoms with Crippen LogP contribution in [0.3, 0.4) is 0 Å². The second kappa shape index (κ2) is 8.03. The highest BCUT2D eigenvalue weighted by Gasteiger charge is 2.19. The third-order valence-corrected chi connectivity index (χ3v) is 6.25. The molecule has 1 amide bonds. The van der Waals surface area contributed by atoms with Crippen LogP contribution in [0.2, 0.25) is 0 Å². The maximum absolute atomic E-state index is 12.4. The zero-order valence-electron chi connectivity index (χ0n) is 14.0. The molecule has 0 saturated carbocycles. The summed E-state index contributed by atoms with van der Waals surface area (Å²) in [4.78, 5) is 25.5. The molecule has 0 bridgehead atoms. The van der Waals surface area contributed by atoms with Crippen molar-refractivity contribution in [3.8, 4) is 0 Å². The van der Waals surface area contributed by atoms with E-state index in [-0.39, 0.29) is 21.8 Å². The number of thiazole rings is 1. The lowest BCUT2D eigenvalue weighted by Gasteiger charge is -2.26. The van der Waals surface area contributed by atoms with Gasteiger partial charge in [-0.3, -0.25) is 4.79 Å². The first-order chi connectivity index (χ1) is 12.4. The Morgan fingerprint density at radius 1 is 1.35 bits per heavy atom. The molecule has 2 aromatic rings. The van der Waals surface area contributed by atoms with Gasteiger partial charge in [0.05, 0.1) is 31.6 Å². The van der Waals surface area contributed by atoms with Gasteiger partial charge in [0.2, 0.25) is 11.9 Å². The Morgan fingerprint density at radius 2 is 2.12 bits per heavy atom. The molecule has 0 radical (unpaired) electrons. The lowest BCUT2D eigenvalue weighted by Crippen LogP contribution is -2.37. The first kappa shape index (κ1) is 18.6. The second-order valence-corrected chi connectivity index (χ2v) is 8.46. The van der Waals surface area contributed by atoms with E-state index in [0.29, 0.717) is 37.9 Å². The summed E-state index contributed by atoms with van der Waals surface area (Å²) in [5.41, 5.74) is 0.552. The zero-order chi connectivity index (χ0) is 18.6. The van der Waals surface area contributed by atoms with E-state index < -0.39 is 10.0 Å². The normalized spacial score (nSPS) is 15.0. The van der Waals surface area contributed by atoms with E-state index in [1.165, 1.54) is 13.1 Å². The van der Waals surface area contributed by atoms with Crippen molar-refractivity contribution in [2.45, 2.75) is 17.7 Å². The van der Waals surface area contributed by atoms with Gasteiger partial charge in [0, 0.05) is 26.2 Å². The van der Waals surface area contributed by atoms with Gasteiger partial charge in [0.1, 0.15) is 0 Å². The van der Waals surface area contributed by atoms with Crippen molar-refractivity contribution in [3.63, 3.8) is 0 Å². The Bertz CT molecular complexity index is 879. The van der Waals surface area contributed by atoms with Crippen molar-refractivity contribution in [1.82, 2.24) is 19.7 Å². The standard InChI is InChI=1S/C14H18N6O4S2/c1-10(21)18-14-16-9-12(25-14)26(22,23)17-8-11-2-3-15-13(19-11)20-4-6-24-7-5-20/h2-3,9,17H,4-8H2,1H3,(H,16,18,21). The Morgan fingerprint density at radius 3 is 2.85 bits per heavy atom. The largest absolute Gasteiger partial charge is 0.378 e. The van der Waals surface area contributed by atoms with E-state index in [1.54, 1.807) is 12.3 Å². The van der Waals surface area contributed by atoms with E-state index in [2.05, 4.69) is 25.0 Å². The second-order valence-electron chi connectivity index (χ2n) is 5.44.